The molecule has 2 aliphatic rings. The summed E-state index contributed by atoms with van der Waals surface area (Å²) in [6.45, 7) is 8.79. The summed E-state index contributed by atoms with van der Waals surface area (Å²) in [7, 11) is 0. The van der Waals surface area contributed by atoms with Crippen LogP contribution in [-0.4, -0.2) is 99.3 Å². The molecule has 0 saturated carbocycles. The first-order valence-electron chi connectivity index (χ1n) is 10.3. The number of carbonyl (C=O) groups is 1. The van der Waals surface area contributed by atoms with Crippen molar-refractivity contribution in [2.24, 2.45) is 0 Å². The molecule has 0 spiro atoms. The fourth-order valence-electron chi connectivity index (χ4n) is 3.74. The largest absolute Gasteiger partial charge is 0.379 e. The Bertz CT molecular complexity index is 679. The van der Waals surface area contributed by atoms with Crippen LogP contribution in [0.15, 0.2) is 24.3 Å². The number of hydrogen-bond acceptors (Lipinski definition) is 6. The zero-order chi connectivity index (χ0) is 20.5. The number of nitrogens with zero attached hydrogens (tertiary/aromatic N) is 5. The molecule has 1 aromatic carbocycles. The second-order valence-electron chi connectivity index (χ2n) is 7.48. The quantitative estimate of drug-likeness (QED) is 0.646. The number of rotatable bonds is 8. The van der Waals surface area contributed by atoms with Crippen LogP contribution in [0.1, 0.15) is 6.42 Å². The number of ether oxygens (including phenoxy) is 1. The molecule has 158 valence electrons. The van der Waals surface area contributed by atoms with Gasteiger partial charge in [-0.1, -0.05) is 0 Å². The molecule has 2 heterocycles. The smallest absolute Gasteiger partial charge is 0.236 e. The lowest BCUT2D eigenvalue weighted by Gasteiger charge is -2.37. The lowest BCUT2D eigenvalue weighted by molar-refractivity contribution is -0.132. The summed E-state index contributed by atoms with van der Waals surface area (Å²) >= 11 is 0. The molecule has 8 heteroatoms. The molecular weight excluding hydrogens is 373 g/mol. The number of morpholine rings is 1. The molecule has 2 saturated heterocycles. The van der Waals surface area contributed by atoms with E-state index in [-0.39, 0.29) is 11.7 Å². The van der Waals surface area contributed by atoms with Gasteiger partial charge in [0, 0.05) is 71.0 Å². The number of benzene rings is 1. The maximum Gasteiger partial charge on any atom is 0.236 e. The molecule has 0 N–H and O–H groups in total. The van der Waals surface area contributed by atoms with Crippen molar-refractivity contribution in [2.75, 3.05) is 83.6 Å². The van der Waals surface area contributed by atoms with Crippen molar-refractivity contribution in [3.63, 3.8) is 0 Å². The van der Waals surface area contributed by atoms with Crippen LogP contribution in [-0.2, 0) is 9.53 Å². The number of hydrogen-bond donors (Lipinski definition) is 0. The zero-order valence-electron chi connectivity index (χ0n) is 16.9. The normalized spacial score (nSPS) is 18.1. The van der Waals surface area contributed by atoms with E-state index in [1.165, 1.54) is 12.1 Å². The first-order valence-corrected chi connectivity index (χ1v) is 10.3. The summed E-state index contributed by atoms with van der Waals surface area (Å²) in [5.41, 5.74) is 0.986. The van der Waals surface area contributed by atoms with Gasteiger partial charge < -0.3 is 14.5 Å². The van der Waals surface area contributed by atoms with Crippen molar-refractivity contribution in [3.8, 4) is 6.07 Å². The minimum absolute atomic E-state index is 0.115. The highest BCUT2D eigenvalue weighted by Crippen LogP contribution is 2.17. The van der Waals surface area contributed by atoms with Gasteiger partial charge in [0.25, 0.3) is 0 Å². The summed E-state index contributed by atoms with van der Waals surface area (Å²) < 4.78 is 18.5. The molecule has 2 fully saturated rings. The molecule has 0 unspecified atom stereocenters. The van der Waals surface area contributed by atoms with Gasteiger partial charge in [-0.2, -0.15) is 5.26 Å². The number of carbonyl (C=O) groups excluding carboxylic acids is 1. The third-order valence-electron chi connectivity index (χ3n) is 5.56. The summed E-state index contributed by atoms with van der Waals surface area (Å²) in [4.78, 5) is 21.3. The standard InChI is InChI=1S/C21H30FN5O2/c22-19-2-4-20(5-3-19)26-10-12-27(13-11-26)21(28)18-25(7-1-6-23)9-8-24-14-16-29-17-15-24/h2-5H,1,7-18H2. The molecule has 0 radical (unpaired) electrons. The van der Waals surface area contributed by atoms with Crippen LogP contribution in [0.3, 0.4) is 0 Å². The van der Waals surface area contributed by atoms with Crippen molar-refractivity contribution < 1.29 is 13.9 Å². The summed E-state index contributed by atoms with van der Waals surface area (Å²) in [5, 5.41) is 8.94. The van der Waals surface area contributed by atoms with Crippen LogP contribution >= 0.6 is 0 Å². The van der Waals surface area contributed by atoms with E-state index in [0.717, 1.165) is 58.2 Å². The van der Waals surface area contributed by atoms with Crippen molar-refractivity contribution in [3.05, 3.63) is 30.1 Å². The van der Waals surface area contributed by atoms with E-state index in [0.29, 0.717) is 32.6 Å². The van der Waals surface area contributed by atoms with Crippen LogP contribution in [0, 0.1) is 17.1 Å². The number of piperazine rings is 1. The molecule has 0 aliphatic carbocycles. The number of amides is 1. The van der Waals surface area contributed by atoms with Crippen molar-refractivity contribution in [1.82, 2.24) is 14.7 Å². The van der Waals surface area contributed by atoms with Crippen LogP contribution in [0.2, 0.25) is 0 Å². The third-order valence-corrected chi connectivity index (χ3v) is 5.56. The van der Waals surface area contributed by atoms with Gasteiger partial charge in [0.2, 0.25) is 5.91 Å². The Morgan fingerprint density at radius 2 is 1.76 bits per heavy atom. The Morgan fingerprint density at radius 3 is 2.41 bits per heavy atom. The van der Waals surface area contributed by atoms with E-state index in [4.69, 9.17) is 10.00 Å². The Hall–Kier alpha value is -2.21. The maximum absolute atomic E-state index is 13.1. The topological polar surface area (TPSA) is 63.1 Å². The molecule has 1 aromatic rings. The van der Waals surface area contributed by atoms with Crippen molar-refractivity contribution in [1.29, 1.82) is 5.26 Å². The predicted molar refractivity (Wildman–Crippen MR) is 109 cm³/mol. The van der Waals surface area contributed by atoms with E-state index >= 15 is 0 Å². The zero-order valence-corrected chi connectivity index (χ0v) is 16.9. The molecule has 0 atom stereocenters. The van der Waals surface area contributed by atoms with Crippen LogP contribution in [0.5, 0.6) is 0 Å². The van der Waals surface area contributed by atoms with Crippen molar-refractivity contribution in [2.45, 2.75) is 6.42 Å². The number of anilines is 1. The Balaban J connectivity index is 1.46. The first kappa shape index (κ1) is 21.5. The average molecular weight is 404 g/mol. The second kappa shape index (κ2) is 11.1. The van der Waals surface area contributed by atoms with Gasteiger partial charge in [0.1, 0.15) is 5.82 Å². The minimum Gasteiger partial charge on any atom is -0.379 e. The van der Waals surface area contributed by atoms with Gasteiger partial charge in [0.05, 0.1) is 25.8 Å². The number of nitriles is 1. The molecule has 2 aliphatic heterocycles. The SMILES string of the molecule is N#CCCN(CCN1CCOCC1)CC(=O)N1CCN(c2ccc(F)cc2)CC1. The molecule has 3 rings (SSSR count). The number of halogens is 1. The molecule has 0 bridgehead atoms. The van der Waals surface area contributed by atoms with E-state index in [1.807, 2.05) is 4.90 Å². The Kier molecular flexibility index (Phi) is 8.23. The summed E-state index contributed by atoms with van der Waals surface area (Å²) in [6.07, 6.45) is 0.425. The fraction of sp³-hybridized carbons (Fsp3) is 0.619. The highest BCUT2D eigenvalue weighted by molar-refractivity contribution is 5.78. The fourth-order valence-corrected chi connectivity index (χ4v) is 3.74. The first-order chi connectivity index (χ1) is 14.2. The molecule has 1 amide bonds. The van der Waals surface area contributed by atoms with E-state index in [1.54, 1.807) is 12.1 Å². The highest BCUT2D eigenvalue weighted by atomic mass is 19.1. The molecular formula is C21H30FN5O2. The van der Waals surface area contributed by atoms with Gasteiger partial charge >= 0.3 is 0 Å². The monoisotopic (exact) mass is 403 g/mol. The van der Waals surface area contributed by atoms with Crippen molar-refractivity contribution >= 4 is 11.6 Å². The Labute approximate surface area is 172 Å². The predicted octanol–water partition coefficient (Wildman–Crippen LogP) is 1.02. The van der Waals surface area contributed by atoms with Gasteiger partial charge in [-0.3, -0.25) is 14.6 Å². The van der Waals surface area contributed by atoms with E-state index < -0.39 is 0 Å². The lowest BCUT2D eigenvalue weighted by atomic mass is 10.2. The molecule has 29 heavy (non-hydrogen) atoms. The minimum atomic E-state index is -0.239. The average Bonchev–Trinajstić information content (AvgIpc) is 2.77. The van der Waals surface area contributed by atoms with Crippen LogP contribution in [0.4, 0.5) is 10.1 Å². The van der Waals surface area contributed by atoms with Crippen LogP contribution < -0.4 is 4.90 Å². The summed E-state index contributed by atoms with van der Waals surface area (Å²) in [5.74, 6) is -0.124. The second-order valence-corrected chi connectivity index (χ2v) is 7.48. The molecule has 7 nitrogen and oxygen atoms in total. The van der Waals surface area contributed by atoms with Gasteiger partial charge in [-0.15, -0.1) is 0 Å². The maximum atomic E-state index is 13.1. The third kappa shape index (κ3) is 6.67. The van der Waals surface area contributed by atoms with E-state index in [9.17, 15) is 9.18 Å². The van der Waals surface area contributed by atoms with E-state index in [2.05, 4.69) is 20.8 Å². The Morgan fingerprint density at radius 1 is 1.07 bits per heavy atom. The molecule has 0 aromatic heterocycles. The van der Waals surface area contributed by atoms with Gasteiger partial charge in [0.15, 0.2) is 0 Å². The lowest BCUT2D eigenvalue weighted by Crippen LogP contribution is -2.52. The van der Waals surface area contributed by atoms with Crippen LogP contribution in [0.25, 0.3) is 0 Å². The summed E-state index contributed by atoms with van der Waals surface area (Å²) in [6, 6.07) is 8.68. The van der Waals surface area contributed by atoms with Gasteiger partial charge in [-0.05, 0) is 24.3 Å². The van der Waals surface area contributed by atoms with Gasteiger partial charge in [-0.25, -0.2) is 4.39 Å². The highest BCUT2D eigenvalue weighted by Gasteiger charge is 2.23.